The predicted octanol–water partition coefficient (Wildman–Crippen LogP) is 11.2. The van der Waals surface area contributed by atoms with Gasteiger partial charge < -0.3 is 0 Å². The van der Waals surface area contributed by atoms with E-state index in [4.69, 9.17) is 0 Å². The molecule has 0 aliphatic heterocycles. The second kappa shape index (κ2) is 26.0. The summed E-state index contributed by atoms with van der Waals surface area (Å²) in [6, 6.07) is 0. The van der Waals surface area contributed by atoms with Gasteiger partial charge in [-0.1, -0.05) is 181 Å². The first-order valence-corrected chi connectivity index (χ1v) is 14.1. The third kappa shape index (κ3) is 24.1. The van der Waals surface area contributed by atoms with Crippen molar-refractivity contribution in [2.45, 2.75) is 174 Å². The first-order valence-electron chi connectivity index (χ1n) is 14.1. The Balaban J connectivity index is 3.21. The molecule has 0 heteroatoms. The molecule has 0 nitrogen and oxygen atoms in total. The van der Waals surface area contributed by atoms with Gasteiger partial charge >= 0.3 is 0 Å². The third-order valence-corrected chi connectivity index (χ3v) is 6.79. The number of rotatable bonds is 25. The normalized spacial score (nSPS) is 12.5. The average Bonchev–Trinajstić information content (AvgIpc) is 2.73. The molecule has 0 bridgehead atoms. The van der Waals surface area contributed by atoms with Gasteiger partial charge in [-0.25, -0.2) is 0 Å². The third-order valence-electron chi connectivity index (χ3n) is 6.79. The van der Waals surface area contributed by atoms with Crippen LogP contribution in [-0.2, 0) is 0 Å². The fourth-order valence-electron chi connectivity index (χ4n) is 4.74. The van der Waals surface area contributed by atoms with Gasteiger partial charge in [-0.3, -0.25) is 0 Å². The Kier molecular flexibility index (Phi) is 26.0. The topological polar surface area (TPSA) is 0 Å². The molecular weight excluding hydrogens is 348 g/mol. The molecule has 0 aliphatic rings. The lowest BCUT2D eigenvalue weighted by Gasteiger charge is -2.15. The van der Waals surface area contributed by atoms with E-state index >= 15 is 0 Å². The summed E-state index contributed by atoms with van der Waals surface area (Å²) in [4.78, 5) is 0. The minimum absolute atomic E-state index is 0.972. The average molecular weight is 408 g/mol. The van der Waals surface area contributed by atoms with E-state index in [0.717, 1.165) is 12.3 Å². The summed E-state index contributed by atoms with van der Waals surface area (Å²) in [5.74, 6) is 0.972. The van der Waals surface area contributed by atoms with Crippen molar-refractivity contribution < 1.29 is 0 Å². The summed E-state index contributed by atoms with van der Waals surface area (Å²) in [6.07, 6.45) is 36.2. The first-order chi connectivity index (χ1) is 14.3. The molecule has 0 aromatic carbocycles. The molecule has 175 valence electrons. The molecule has 0 amide bonds. The first kappa shape index (κ1) is 29.0. The molecule has 0 saturated heterocycles. The monoisotopic (exact) mass is 407 g/mol. The van der Waals surface area contributed by atoms with Crippen molar-refractivity contribution in [1.29, 1.82) is 0 Å². The summed E-state index contributed by atoms with van der Waals surface area (Å²) in [5.41, 5.74) is 0. The van der Waals surface area contributed by atoms with E-state index in [9.17, 15) is 0 Å². The van der Waals surface area contributed by atoms with E-state index in [1.807, 2.05) is 0 Å². The van der Waals surface area contributed by atoms with Crippen molar-refractivity contribution in [2.24, 2.45) is 5.92 Å². The quantitative estimate of drug-likeness (QED) is 0.132. The molecule has 0 fully saturated rings. The summed E-state index contributed by atoms with van der Waals surface area (Å²) in [5, 5.41) is 0. The number of unbranched alkanes of at least 4 members (excludes halogenated alkanes) is 19. The fourth-order valence-corrected chi connectivity index (χ4v) is 4.74. The number of hydrogen-bond donors (Lipinski definition) is 0. The summed E-state index contributed by atoms with van der Waals surface area (Å²) >= 11 is 0. The molecule has 29 heavy (non-hydrogen) atoms. The van der Waals surface area contributed by atoms with Crippen LogP contribution in [0.2, 0.25) is 0 Å². The molecule has 0 aromatic heterocycles. The van der Waals surface area contributed by atoms with Crippen LogP contribution in [0.25, 0.3) is 0 Å². The Bertz CT molecular complexity index is 269. The highest BCUT2D eigenvalue weighted by Gasteiger charge is 2.07. The zero-order valence-corrected chi connectivity index (χ0v) is 21.0. The molecule has 0 rings (SSSR count). The Morgan fingerprint density at radius 1 is 0.379 bits per heavy atom. The van der Waals surface area contributed by atoms with Crippen molar-refractivity contribution in [3.63, 3.8) is 0 Å². The van der Waals surface area contributed by atoms with E-state index in [2.05, 4.69) is 20.8 Å². The smallest absolute Gasteiger partial charge is 0.0414 e. The lowest BCUT2D eigenvalue weighted by atomic mass is 9.91. The standard InChI is InChI=1S/C29H59/c1-4-7-9-10-11-12-13-14-15-16-17-18-19-20-21-22-23-25-28-29(26-6-3)27-24-8-5-2/h29H,3-28H2,1-2H3. The summed E-state index contributed by atoms with van der Waals surface area (Å²) in [7, 11) is 0. The second-order valence-corrected chi connectivity index (χ2v) is 9.80. The van der Waals surface area contributed by atoms with E-state index in [-0.39, 0.29) is 0 Å². The van der Waals surface area contributed by atoms with Crippen molar-refractivity contribution in [3.8, 4) is 0 Å². The van der Waals surface area contributed by atoms with Crippen molar-refractivity contribution in [1.82, 2.24) is 0 Å². The lowest BCUT2D eigenvalue weighted by Crippen LogP contribution is -2.00. The van der Waals surface area contributed by atoms with Crippen LogP contribution in [0.5, 0.6) is 0 Å². The number of hydrogen-bond acceptors (Lipinski definition) is 0. The molecule has 1 radical (unpaired) electrons. The van der Waals surface area contributed by atoms with Gasteiger partial charge in [-0.15, -0.1) is 0 Å². The lowest BCUT2D eigenvalue weighted by molar-refractivity contribution is 0.385. The molecular formula is C29H59. The molecule has 0 heterocycles. The van der Waals surface area contributed by atoms with Crippen molar-refractivity contribution >= 4 is 0 Å². The van der Waals surface area contributed by atoms with Gasteiger partial charge in [-0.05, 0) is 5.92 Å². The van der Waals surface area contributed by atoms with Crippen LogP contribution in [0.1, 0.15) is 174 Å². The van der Waals surface area contributed by atoms with Gasteiger partial charge in [0.2, 0.25) is 0 Å². The maximum atomic E-state index is 4.08. The van der Waals surface area contributed by atoms with Crippen LogP contribution < -0.4 is 0 Å². The SMILES string of the molecule is [CH2]CCC(CCCCC)CCCCCCCCCCCCCCCCCCCC. The van der Waals surface area contributed by atoms with E-state index in [1.54, 1.807) is 0 Å². The molecule has 0 aliphatic carbocycles. The highest BCUT2D eigenvalue weighted by atomic mass is 14.1. The highest BCUT2D eigenvalue weighted by molar-refractivity contribution is 4.62. The van der Waals surface area contributed by atoms with E-state index in [1.165, 1.54) is 154 Å². The molecule has 0 N–H and O–H groups in total. The fraction of sp³-hybridized carbons (Fsp3) is 0.966. The van der Waals surface area contributed by atoms with Gasteiger partial charge in [0.25, 0.3) is 0 Å². The molecule has 1 unspecified atom stereocenters. The predicted molar refractivity (Wildman–Crippen MR) is 136 cm³/mol. The van der Waals surface area contributed by atoms with Crippen molar-refractivity contribution in [3.05, 3.63) is 6.92 Å². The molecule has 0 aromatic rings. The zero-order chi connectivity index (χ0) is 21.3. The van der Waals surface area contributed by atoms with Crippen LogP contribution in [0.3, 0.4) is 0 Å². The van der Waals surface area contributed by atoms with Gasteiger partial charge in [0.1, 0.15) is 0 Å². The Morgan fingerprint density at radius 2 is 0.655 bits per heavy atom. The van der Waals surface area contributed by atoms with Gasteiger partial charge in [0.15, 0.2) is 0 Å². The van der Waals surface area contributed by atoms with Crippen LogP contribution in [0, 0.1) is 12.8 Å². The van der Waals surface area contributed by atoms with Crippen LogP contribution in [-0.4, -0.2) is 0 Å². The van der Waals surface area contributed by atoms with Crippen molar-refractivity contribution in [2.75, 3.05) is 0 Å². The summed E-state index contributed by atoms with van der Waals surface area (Å²) < 4.78 is 0. The zero-order valence-electron chi connectivity index (χ0n) is 21.0. The van der Waals surface area contributed by atoms with E-state index < -0.39 is 0 Å². The van der Waals surface area contributed by atoms with Gasteiger partial charge in [0.05, 0.1) is 0 Å². The van der Waals surface area contributed by atoms with Crippen LogP contribution >= 0.6 is 0 Å². The Hall–Kier alpha value is 0. The Labute approximate surface area is 187 Å². The largest absolute Gasteiger partial charge is 0.0654 e. The maximum absolute atomic E-state index is 4.08. The maximum Gasteiger partial charge on any atom is -0.0414 e. The van der Waals surface area contributed by atoms with Gasteiger partial charge in [-0.2, -0.15) is 0 Å². The highest BCUT2D eigenvalue weighted by Crippen LogP contribution is 2.22. The minimum atomic E-state index is 0.972. The molecule has 1 atom stereocenters. The summed E-state index contributed by atoms with van der Waals surface area (Å²) in [6.45, 7) is 8.70. The molecule has 0 spiro atoms. The Morgan fingerprint density at radius 3 is 1.00 bits per heavy atom. The van der Waals surface area contributed by atoms with Gasteiger partial charge in [0, 0.05) is 0 Å². The minimum Gasteiger partial charge on any atom is -0.0654 e. The van der Waals surface area contributed by atoms with Crippen LogP contribution in [0.15, 0.2) is 0 Å². The second-order valence-electron chi connectivity index (χ2n) is 9.80. The molecule has 0 saturated carbocycles. The van der Waals surface area contributed by atoms with E-state index in [0.29, 0.717) is 0 Å². The van der Waals surface area contributed by atoms with Crippen LogP contribution in [0.4, 0.5) is 0 Å².